The molecule has 0 radical (unpaired) electrons. The van der Waals surface area contributed by atoms with E-state index in [2.05, 4.69) is 4.74 Å². The van der Waals surface area contributed by atoms with Crippen LogP contribution in [0.4, 0.5) is 0 Å². The first kappa shape index (κ1) is 14.6. The number of esters is 1. The number of rotatable bonds is 5. The van der Waals surface area contributed by atoms with E-state index in [1.165, 1.54) is 7.11 Å². The van der Waals surface area contributed by atoms with Crippen molar-refractivity contribution in [2.75, 3.05) is 20.7 Å². The van der Waals surface area contributed by atoms with E-state index in [0.717, 1.165) is 0 Å². The second-order valence-corrected chi connectivity index (χ2v) is 4.50. The number of aryl methyl sites for hydroxylation is 1. The van der Waals surface area contributed by atoms with Gasteiger partial charge in [-0.3, -0.25) is 9.59 Å². The Hall–Kier alpha value is -1.49. The maximum atomic E-state index is 12.1. The molecule has 0 unspecified atom stereocenters. The average Bonchev–Trinajstić information content (AvgIpc) is 2.67. The quantitative estimate of drug-likeness (QED) is 0.767. The molecule has 18 heavy (non-hydrogen) atoms. The third kappa shape index (κ3) is 3.77. The molecule has 0 N–H and O–H groups in total. The molecule has 1 aromatic heterocycles. The monoisotopic (exact) mass is 272 g/mol. The van der Waals surface area contributed by atoms with Gasteiger partial charge in [-0.2, -0.15) is 0 Å². The molecule has 0 saturated heterocycles. The lowest BCUT2D eigenvalue weighted by Gasteiger charge is -2.17. The Morgan fingerprint density at radius 3 is 2.67 bits per heavy atom. The lowest BCUT2D eigenvalue weighted by Crippen LogP contribution is -2.29. The summed E-state index contributed by atoms with van der Waals surface area (Å²) in [5.41, 5.74) is 0.528. The Balaban J connectivity index is 2.51. The highest BCUT2D eigenvalue weighted by Gasteiger charge is 2.15. The zero-order chi connectivity index (χ0) is 13.7. The zero-order valence-corrected chi connectivity index (χ0v) is 11.5. The van der Waals surface area contributed by atoms with Gasteiger partial charge in [0.25, 0.3) is 5.91 Å². The van der Waals surface area contributed by atoms with Crippen LogP contribution in [0.2, 0.25) is 5.02 Å². The molecule has 0 spiro atoms. The fourth-order valence-electron chi connectivity index (χ4n) is 1.60. The third-order valence-electron chi connectivity index (χ3n) is 2.64. The maximum absolute atomic E-state index is 12.1. The van der Waals surface area contributed by atoms with E-state index in [1.807, 2.05) is 0 Å². The van der Waals surface area contributed by atoms with Crippen LogP contribution in [0, 0.1) is 0 Å². The minimum atomic E-state index is -0.266. The first-order valence-electron chi connectivity index (χ1n) is 5.60. The molecule has 1 rings (SSSR count). The van der Waals surface area contributed by atoms with Crippen molar-refractivity contribution in [1.29, 1.82) is 0 Å². The second kappa shape index (κ2) is 6.44. The number of amides is 1. The van der Waals surface area contributed by atoms with Crippen molar-refractivity contribution in [3.63, 3.8) is 0 Å². The van der Waals surface area contributed by atoms with Crippen molar-refractivity contribution in [3.8, 4) is 0 Å². The van der Waals surface area contributed by atoms with E-state index in [1.54, 1.807) is 35.8 Å². The normalized spacial score (nSPS) is 10.2. The van der Waals surface area contributed by atoms with Gasteiger partial charge in [0.15, 0.2) is 0 Å². The number of carbonyl (C=O) groups excluding carboxylic acids is 2. The molecule has 1 heterocycles. The van der Waals surface area contributed by atoms with Gasteiger partial charge in [-0.15, -0.1) is 0 Å². The van der Waals surface area contributed by atoms with Crippen molar-refractivity contribution in [2.24, 2.45) is 7.05 Å². The van der Waals surface area contributed by atoms with Crippen LogP contribution >= 0.6 is 11.6 Å². The van der Waals surface area contributed by atoms with Crippen LogP contribution in [0.5, 0.6) is 0 Å². The zero-order valence-electron chi connectivity index (χ0n) is 10.8. The molecule has 100 valence electrons. The molecule has 0 aliphatic heterocycles. The van der Waals surface area contributed by atoms with E-state index in [4.69, 9.17) is 11.6 Å². The van der Waals surface area contributed by atoms with Crippen molar-refractivity contribution in [3.05, 3.63) is 23.0 Å². The van der Waals surface area contributed by atoms with Crippen LogP contribution < -0.4 is 0 Å². The molecular formula is C12H17ClN2O3. The van der Waals surface area contributed by atoms with E-state index in [9.17, 15) is 9.59 Å². The van der Waals surface area contributed by atoms with Crippen LogP contribution in [0.25, 0.3) is 0 Å². The van der Waals surface area contributed by atoms with E-state index < -0.39 is 0 Å². The Labute approximate surface area is 111 Å². The molecule has 1 amide bonds. The van der Waals surface area contributed by atoms with Crippen LogP contribution in [0.3, 0.4) is 0 Å². The minimum Gasteiger partial charge on any atom is -0.469 e. The van der Waals surface area contributed by atoms with Crippen molar-refractivity contribution < 1.29 is 14.3 Å². The van der Waals surface area contributed by atoms with Gasteiger partial charge in [0, 0.05) is 33.3 Å². The van der Waals surface area contributed by atoms with E-state index in [-0.39, 0.29) is 11.9 Å². The summed E-state index contributed by atoms with van der Waals surface area (Å²) in [6.45, 7) is 0.497. The lowest BCUT2D eigenvalue weighted by molar-refractivity contribution is -0.140. The molecular weight excluding hydrogens is 256 g/mol. The Morgan fingerprint density at radius 2 is 2.17 bits per heavy atom. The number of hydrogen-bond donors (Lipinski definition) is 0. The Kier molecular flexibility index (Phi) is 5.22. The van der Waals surface area contributed by atoms with Gasteiger partial charge in [-0.1, -0.05) is 11.6 Å². The van der Waals surface area contributed by atoms with Crippen LogP contribution in [0.1, 0.15) is 23.3 Å². The minimum absolute atomic E-state index is 0.116. The summed E-state index contributed by atoms with van der Waals surface area (Å²) in [6, 6.07) is 1.63. The number of hydrogen-bond acceptors (Lipinski definition) is 3. The molecule has 0 aliphatic rings. The molecule has 0 aliphatic carbocycles. The fraction of sp³-hybridized carbons (Fsp3) is 0.500. The highest BCUT2D eigenvalue weighted by atomic mass is 35.5. The average molecular weight is 273 g/mol. The SMILES string of the molecule is COC(=O)CCCN(C)C(=O)c1cc(Cl)cn1C. The molecule has 1 aromatic rings. The first-order chi connectivity index (χ1) is 8.45. The van der Waals surface area contributed by atoms with Gasteiger partial charge in [0.05, 0.1) is 12.1 Å². The summed E-state index contributed by atoms with van der Waals surface area (Å²) in [6.07, 6.45) is 2.56. The topological polar surface area (TPSA) is 51.5 Å². The summed E-state index contributed by atoms with van der Waals surface area (Å²) >= 11 is 5.83. The van der Waals surface area contributed by atoms with Crippen molar-refractivity contribution in [1.82, 2.24) is 9.47 Å². The second-order valence-electron chi connectivity index (χ2n) is 4.06. The highest BCUT2D eigenvalue weighted by Crippen LogP contribution is 2.14. The van der Waals surface area contributed by atoms with Crippen LogP contribution in [-0.4, -0.2) is 42.0 Å². The van der Waals surface area contributed by atoms with Crippen LogP contribution in [-0.2, 0) is 16.6 Å². The molecule has 0 aromatic carbocycles. The molecule has 0 fully saturated rings. The third-order valence-corrected chi connectivity index (χ3v) is 2.85. The molecule has 6 heteroatoms. The van der Waals surface area contributed by atoms with Gasteiger partial charge in [-0.05, 0) is 12.5 Å². The van der Waals surface area contributed by atoms with Gasteiger partial charge in [-0.25, -0.2) is 0 Å². The highest BCUT2D eigenvalue weighted by molar-refractivity contribution is 6.31. The van der Waals surface area contributed by atoms with Gasteiger partial charge in [0.1, 0.15) is 5.69 Å². The molecule has 0 atom stereocenters. The number of nitrogens with zero attached hydrogens (tertiary/aromatic N) is 2. The molecule has 5 nitrogen and oxygen atoms in total. The number of halogens is 1. The van der Waals surface area contributed by atoms with Crippen molar-refractivity contribution >= 4 is 23.5 Å². The molecule has 0 saturated carbocycles. The number of aromatic nitrogens is 1. The van der Waals surface area contributed by atoms with Crippen molar-refractivity contribution in [2.45, 2.75) is 12.8 Å². The summed E-state index contributed by atoms with van der Waals surface area (Å²) in [5, 5.41) is 0.531. The summed E-state index contributed by atoms with van der Waals surface area (Å²) in [5.74, 6) is -0.382. The fourth-order valence-corrected chi connectivity index (χ4v) is 1.85. The van der Waals surface area contributed by atoms with Gasteiger partial charge >= 0.3 is 5.97 Å². The van der Waals surface area contributed by atoms with Crippen LogP contribution in [0.15, 0.2) is 12.3 Å². The molecule has 0 bridgehead atoms. The summed E-state index contributed by atoms with van der Waals surface area (Å²) < 4.78 is 6.22. The first-order valence-corrected chi connectivity index (χ1v) is 5.97. The number of methoxy groups -OCH3 is 1. The largest absolute Gasteiger partial charge is 0.469 e. The predicted molar refractivity (Wildman–Crippen MR) is 68.6 cm³/mol. The van der Waals surface area contributed by atoms with E-state index >= 15 is 0 Å². The Morgan fingerprint density at radius 1 is 1.50 bits per heavy atom. The van der Waals surface area contributed by atoms with Gasteiger partial charge < -0.3 is 14.2 Å². The number of carbonyl (C=O) groups is 2. The predicted octanol–water partition coefficient (Wildman–Crippen LogP) is 1.70. The standard InChI is InChI=1S/C12H17ClN2O3/c1-14(6-4-5-11(16)18-3)12(17)10-7-9(13)8-15(10)2/h7-8H,4-6H2,1-3H3. The van der Waals surface area contributed by atoms with E-state index in [0.29, 0.717) is 30.1 Å². The van der Waals surface area contributed by atoms with Gasteiger partial charge in [0.2, 0.25) is 0 Å². The smallest absolute Gasteiger partial charge is 0.305 e. The maximum Gasteiger partial charge on any atom is 0.305 e. The lowest BCUT2D eigenvalue weighted by atomic mass is 10.3. The summed E-state index contributed by atoms with van der Waals surface area (Å²) in [7, 11) is 4.81. The summed E-state index contributed by atoms with van der Waals surface area (Å²) in [4.78, 5) is 24.6. The Bertz CT molecular complexity index is 443. The number of ether oxygens (including phenoxy) is 1.